The lowest BCUT2D eigenvalue weighted by Crippen LogP contribution is -2.13. The van der Waals surface area contributed by atoms with E-state index in [2.05, 4.69) is 0 Å². The molecular weight excluding hydrogens is 237 g/mol. The van der Waals surface area contributed by atoms with E-state index in [9.17, 15) is 13.2 Å². The minimum absolute atomic E-state index is 0.0463. The zero-order valence-corrected chi connectivity index (χ0v) is 9.04. The average Bonchev–Trinajstić information content (AvgIpc) is 2.73. The lowest BCUT2D eigenvalue weighted by Gasteiger charge is -2.18. The van der Waals surface area contributed by atoms with Gasteiger partial charge in [-0.25, -0.2) is 0 Å². The van der Waals surface area contributed by atoms with Crippen molar-refractivity contribution in [1.29, 1.82) is 0 Å². The zero-order chi connectivity index (χ0) is 12.6. The molecule has 0 saturated heterocycles. The molecule has 1 heterocycles. The molecule has 94 valence electrons. The number of ether oxygens (including phenoxy) is 2. The summed E-state index contributed by atoms with van der Waals surface area (Å²) in [6, 6.07) is 2.19. The maximum Gasteiger partial charge on any atom is 0.416 e. The van der Waals surface area contributed by atoms with Crippen LogP contribution in [0.3, 0.4) is 0 Å². The second kappa shape index (κ2) is 4.10. The second-order valence-corrected chi connectivity index (χ2v) is 3.84. The van der Waals surface area contributed by atoms with Crippen LogP contribution in [0.2, 0.25) is 0 Å². The maximum atomic E-state index is 12.8. The molecule has 1 aromatic carbocycles. The van der Waals surface area contributed by atoms with Crippen LogP contribution in [-0.4, -0.2) is 18.5 Å². The van der Waals surface area contributed by atoms with Gasteiger partial charge in [0.1, 0.15) is 0 Å². The van der Waals surface area contributed by atoms with E-state index in [1.54, 1.807) is 0 Å². The van der Waals surface area contributed by atoms with Gasteiger partial charge in [0, 0.05) is 18.1 Å². The fourth-order valence-electron chi connectivity index (χ4n) is 1.82. The van der Waals surface area contributed by atoms with Crippen LogP contribution in [0.4, 0.5) is 13.2 Å². The fraction of sp³-hybridized carbons (Fsp3) is 0.455. The molecule has 0 aromatic heterocycles. The number of alkyl halides is 3. The Balaban J connectivity index is 2.61. The summed E-state index contributed by atoms with van der Waals surface area (Å²) in [5.74, 6) is -0.294. The Bertz CT molecular complexity index is 429. The van der Waals surface area contributed by atoms with Crippen molar-refractivity contribution in [2.45, 2.75) is 19.0 Å². The standard InChI is InChI=1S/C11H11F3O3/c1-6(4-15)9-7(11(12,13)14)2-3-8-10(9)17-5-16-8/h2-3,6,15H,4-5H2,1H3. The van der Waals surface area contributed by atoms with Gasteiger partial charge in [-0.2, -0.15) is 13.2 Å². The van der Waals surface area contributed by atoms with Crippen LogP contribution in [0.1, 0.15) is 24.0 Å². The SMILES string of the molecule is CC(CO)c1c(C(F)(F)F)ccc2c1OCO2. The largest absolute Gasteiger partial charge is 0.454 e. The first-order valence-corrected chi connectivity index (χ1v) is 5.05. The van der Waals surface area contributed by atoms with Crippen molar-refractivity contribution >= 4 is 0 Å². The third-order valence-electron chi connectivity index (χ3n) is 2.65. The smallest absolute Gasteiger partial charge is 0.416 e. The maximum absolute atomic E-state index is 12.8. The van der Waals surface area contributed by atoms with Crippen LogP contribution in [-0.2, 0) is 6.18 Å². The predicted octanol–water partition coefficient (Wildman–Crippen LogP) is 2.53. The van der Waals surface area contributed by atoms with Crippen LogP contribution in [0.25, 0.3) is 0 Å². The van der Waals surface area contributed by atoms with Gasteiger partial charge in [0.2, 0.25) is 6.79 Å². The minimum atomic E-state index is -4.47. The number of halogens is 3. The quantitative estimate of drug-likeness (QED) is 0.874. The van der Waals surface area contributed by atoms with Gasteiger partial charge in [0.05, 0.1) is 5.56 Å². The molecule has 0 aliphatic carbocycles. The normalized spacial score (nSPS) is 16.1. The van der Waals surface area contributed by atoms with Gasteiger partial charge < -0.3 is 14.6 Å². The highest BCUT2D eigenvalue weighted by atomic mass is 19.4. The molecule has 0 radical (unpaired) electrons. The van der Waals surface area contributed by atoms with Crippen molar-refractivity contribution < 1.29 is 27.8 Å². The van der Waals surface area contributed by atoms with E-state index in [1.807, 2.05) is 0 Å². The van der Waals surface area contributed by atoms with Crippen molar-refractivity contribution in [2.75, 3.05) is 13.4 Å². The molecule has 1 atom stereocenters. The van der Waals surface area contributed by atoms with Crippen LogP contribution in [0, 0.1) is 0 Å². The molecule has 1 unspecified atom stereocenters. The van der Waals surface area contributed by atoms with Crippen molar-refractivity contribution in [3.05, 3.63) is 23.3 Å². The first-order valence-electron chi connectivity index (χ1n) is 5.05. The summed E-state index contributed by atoms with van der Waals surface area (Å²) >= 11 is 0. The summed E-state index contributed by atoms with van der Waals surface area (Å²) in [6.45, 7) is 1.03. The molecule has 1 N–H and O–H groups in total. The number of hydrogen-bond donors (Lipinski definition) is 1. The molecule has 1 aliphatic heterocycles. The van der Waals surface area contributed by atoms with E-state index in [1.165, 1.54) is 13.0 Å². The van der Waals surface area contributed by atoms with E-state index in [0.29, 0.717) is 0 Å². The number of hydrogen-bond acceptors (Lipinski definition) is 3. The third kappa shape index (κ3) is 2.04. The highest BCUT2D eigenvalue weighted by molar-refractivity contribution is 5.54. The number of aliphatic hydroxyl groups excluding tert-OH is 1. The average molecular weight is 248 g/mol. The van der Waals surface area contributed by atoms with Crippen LogP contribution >= 0.6 is 0 Å². The first-order chi connectivity index (χ1) is 7.95. The second-order valence-electron chi connectivity index (χ2n) is 3.84. The van der Waals surface area contributed by atoms with E-state index in [4.69, 9.17) is 14.6 Å². The Hall–Kier alpha value is -1.43. The minimum Gasteiger partial charge on any atom is -0.454 e. The zero-order valence-electron chi connectivity index (χ0n) is 9.04. The van der Waals surface area contributed by atoms with Crippen LogP contribution < -0.4 is 9.47 Å². The Morgan fingerprint density at radius 2 is 2.06 bits per heavy atom. The molecule has 0 bridgehead atoms. The lowest BCUT2D eigenvalue weighted by atomic mass is 9.94. The van der Waals surface area contributed by atoms with Gasteiger partial charge in [0.15, 0.2) is 11.5 Å². The lowest BCUT2D eigenvalue weighted by molar-refractivity contribution is -0.138. The molecule has 0 fully saturated rings. The van der Waals surface area contributed by atoms with Crippen molar-refractivity contribution in [3.8, 4) is 11.5 Å². The van der Waals surface area contributed by atoms with Crippen molar-refractivity contribution in [1.82, 2.24) is 0 Å². The molecular formula is C11H11F3O3. The van der Waals surface area contributed by atoms with Gasteiger partial charge >= 0.3 is 6.18 Å². The number of fused-ring (bicyclic) bond motifs is 1. The molecule has 1 aromatic rings. The van der Waals surface area contributed by atoms with Crippen molar-refractivity contribution in [3.63, 3.8) is 0 Å². The first kappa shape index (κ1) is 12.0. The van der Waals surface area contributed by atoms with Gasteiger partial charge in [-0.05, 0) is 12.1 Å². The molecule has 0 spiro atoms. The van der Waals surface area contributed by atoms with Gasteiger partial charge in [-0.3, -0.25) is 0 Å². The molecule has 1 aliphatic rings. The monoisotopic (exact) mass is 248 g/mol. The Labute approximate surface area is 95.8 Å². The van der Waals surface area contributed by atoms with Crippen molar-refractivity contribution in [2.24, 2.45) is 0 Å². The Kier molecular flexibility index (Phi) is 2.91. The molecule has 0 saturated carbocycles. The van der Waals surface area contributed by atoms with Gasteiger partial charge in [-0.15, -0.1) is 0 Å². The summed E-state index contributed by atoms with van der Waals surface area (Å²) in [4.78, 5) is 0. The van der Waals surface area contributed by atoms with Gasteiger partial charge in [0.25, 0.3) is 0 Å². The van der Waals surface area contributed by atoms with E-state index in [0.717, 1.165) is 6.07 Å². The molecule has 2 rings (SSSR count). The highest BCUT2D eigenvalue weighted by Gasteiger charge is 2.38. The molecule has 0 amide bonds. The summed E-state index contributed by atoms with van der Waals surface area (Å²) in [6.07, 6.45) is -4.47. The fourth-order valence-corrected chi connectivity index (χ4v) is 1.82. The Morgan fingerprint density at radius 1 is 1.35 bits per heavy atom. The number of benzene rings is 1. The third-order valence-corrected chi connectivity index (χ3v) is 2.65. The van der Waals surface area contributed by atoms with Crippen LogP contribution in [0.15, 0.2) is 12.1 Å². The topological polar surface area (TPSA) is 38.7 Å². The molecule has 6 heteroatoms. The van der Waals surface area contributed by atoms with E-state index < -0.39 is 17.7 Å². The summed E-state index contributed by atoms with van der Waals surface area (Å²) in [5.41, 5.74) is -0.835. The van der Waals surface area contributed by atoms with E-state index in [-0.39, 0.29) is 30.5 Å². The van der Waals surface area contributed by atoms with Crippen LogP contribution in [0.5, 0.6) is 11.5 Å². The summed E-state index contributed by atoms with van der Waals surface area (Å²) in [7, 11) is 0. The Morgan fingerprint density at radius 3 is 2.65 bits per heavy atom. The summed E-state index contributed by atoms with van der Waals surface area (Å²) in [5, 5.41) is 9.05. The summed E-state index contributed by atoms with van der Waals surface area (Å²) < 4.78 is 48.6. The molecule has 17 heavy (non-hydrogen) atoms. The molecule has 3 nitrogen and oxygen atoms in total. The predicted molar refractivity (Wildman–Crippen MR) is 53.1 cm³/mol. The number of rotatable bonds is 2. The van der Waals surface area contributed by atoms with Gasteiger partial charge in [-0.1, -0.05) is 6.92 Å². The number of aliphatic hydroxyl groups is 1. The highest BCUT2D eigenvalue weighted by Crippen LogP contribution is 2.46. The van der Waals surface area contributed by atoms with E-state index >= 15 is 0 Å².